The molecular weight excluding hydrogens is 254 g/mol. The molecule has 0 atom stereocenters. The second-order valence-corrected chi connectivity index (χ2v) is 5.15. The number of nitriles is 1. The standard InChI is InChI=1S/C10H9N5O2S/c1-7-5-10(14-13-7)15-18(16,17)9-3-2-4-12-8(9)6-11/h2-5H,1H3,(H2,13,14,15). The molecule has 2 rings (SSSR count). The van der Waals surface area contributed by atoms with Gasteiger partial charge in [0, 0.05) is 18.0 Å². The van der Waals surface area contributed by atoms with Crippen molar-refractivity contribution in [2.45, 2.75) is 11.8 Å². The van der Waals surface area contributed by atoms with Gasteiger partial charge in [0.15, 0.2) is 11.5 Å². The van der Waals surface area contributed by atoms with E-state index in [0.717, 1.165) is 5.69 Å². The molecule has 0 aliphatic rings. The van der Waals surface area contributed by atoms with Gasteiger partial charge in [0.1, 0.15) is 11.0 Å². The van der Waals surface area contributed by atoms with E-state index in [0.29, 0.717) is 0 Å². The van der Waals surface area contributed by atoms with E-state index in [-0.39, 0.29) is 16.4 Å². The number of H-pyrrole nitrogens is 1. The number of nitrogens with zero attached hydrogens (tertiary/aromatic N) is 3. The Morgan fingerprint density at radius 3 is 2.89 bits per heavy atom. The molecule has 0 saturated carbocycles. The third-order valence-corrected chi connectivity index (χ3v) is 3.50. The van der Waals surface area contributed by atoms with Crippen LogP contribution in [-0.2, 0) is 10.0 Å². The minimum atomic E-state index is -3.86. The van der Waals surface area contributed by atoms with Crippen LogP contribution in [0.3, 0.4) is 0 Å². The van der Waals surface area contributed by atoms with Crippen molar-refractivity contribution in [1.82, 2.24) is 15.2 Å². The molecule has 2 heterocycles. The van der Waals surface area contributed by atoms with Crippen molar-refractivity contribution in [2.75, 3.05) is 4.72 Å². The fourth-order valence-corrected chi connectivity index (χ4v) is 2.45. The molecule has 0 aliphatic carbocycles. The van der Waals surface area contributed by atoms with E-state index in [1.54, 1.807) is 19.1 Å². The predicted octanol–water partition coefficient (Wildman–Crippen LogP) is 0.786. The smallest absolute Gasteiger partial charge is 0.265 e. The number of aromatic amines is 1. The van der Waals surface area contributed by atoms with Gasteiger partial charge in [-0.3, -0.25) is 9.82 Å². The lowest BCUT2D eigenvalue weighted by Gasteiger charge is -2.05. The first-order chi connectivity index (χ1) is 8.53. The molecule has 0 bridgehead atoms. The number of nitrogens with one attached hydrogen (secondary N) is 2. The molecule has 0 fully saturated rings. The van der Waals surface area contributed by atoms with Gasteiger partial charge in [-0.2, -0.15) is 10.4 Å². The Hall–Kier alpha value is -2.40. The average molecular weight is 263 g/mol. The van der Waals surface area contributed by atoms with Crippen LogP contribution in [0.4, 0.5) is 5.82 Å². The molecule has 2 N–H and O–H groups in total. The molecular formula is C10H9N5O2S. The summed E-state index contributed by atoms with van der Waals surface area (Å²) < 4.78 is 26.3. The maximum absolute atomic E-state index is 12.0. The molecule has 0 spiro atoms. The molecule has 92 valence electrons. The molecule has 0 radical (unpaired) electrons. The third kappa shape index (κ3) is 2.31. The van der Waals surface area contributed by atoms with Crippen molar-refractivity contribution in [2.24, 2.45) is 0 Å². The predicted molar refractivity (Wildman–Crippen MR) is 63.1 cm³/mol. The van der Waals surface area contributed by atoms with Crippen LogP contribution in [0.5, 0.6) is 0 Å². The summed E-state index contributed by atoms with van der Waals surface area (Å²) >= 11 is 0. The first-order valence-corrected chi connectivity index (χ1v) is 6.41. The molecule has 0 aromatic carbocycles. The summed E-state index contributed by atoms with van der Waals surface area (Å²) in [6.45, 7) is 1.75. The van der Waals surface area contributed by atoms with E-state index in [4.69, 9.17) is 5.26 Å². The molecule has 0 amide bonds. The van der Waals surface area contributed by atoms with Crippen LogP contribution < -0.4 is 4.72 Å². The quantitative estimate of drug-likeness (QED) is 0.850. The summed E-state index contributed by atoms with van der Waals surface area (Å²) in [5.74, 6) is 0.167. The molecule has 8 heteroatoms. The lowest BCUT2D eigenvalue weighted by molar-refractivity contribution is 0.600. The molecule has 0 unspecified atom stereocenters. The highest BCUT2D eigenvalue weighted by atomic mass is 32.2. The number of aromatic nitrogens is 3. The highest BCUT2D eigenvalue weighted by molar-refractivity contribution is 7.92. The van der Waals surface area contributed by atoms with Crippen LogP contribution in [0, 0.1) is 18.3 Å². The van der Waals surface area contributed by atoms with Gasteiger partial charge < -0.3 is 0 Å². The van der Waals surface area contributed by atoms with Crippen LogP contribution in [-0.4, -0.2) is 23.6 Å². The van der Waals surface area contributed by atoms with Crippen LogP contribution in [0.1, 0.15) is 11.4 Å². The highest BCUT2D eigenvalue weighted by Gasteiger charge is 2.20. The second kappa shape index (κ2) is 4.46. The fraction of sp³-hybridized carbons (Fsp3) is 0.100. The first kappa shape index (κ1) is 12.1. The number of hydrogen-bond acceptors (Lipinski definition) is 5. The molecule has 2 aromatic heterocycles. The van der Waals surface area contributed by atoms with Gasteiger partial charge in [0.25, 0.3) is 10.0 Å². The number of rotatable bonds is 3. The van der Waals surface area contributed by atoms with E-state index in [1.807, 2.05) is 0 Å². The Morgan fingerprint density at radius 1 is 1.50 bits per heavy atom. The van der Waals surface area contributed by atoms with Crippen molar-refractivity contribution in [1.29, 1.82) is 5.26 Å². The summed E-state index contributed by atoms with van der Waals surface area (Å²) in [7, 11) is -3.86. The second-order valence-electron chi connectivity index (χ2n) is 3.50. The molecule has 7 nitrogen and oxygen atoms in total. The lowest BCUT2D eigenvalue weighted by atomic mass is 10.4. The summed E-state index contributed by atoms with van der Waals surface area (Å²) in [6, 6.07) is 6.04. The number of anilines is 1. The van der Waals surface area contributed by atoms with Crippen LogP contribution in [0.15, 0.2) is 29.3 Å². The van der Waals surface area contributed by atoms with E-state index >= 15 is 0 Å². The van der Waals surface area contributed by atoms with Gasteiger partial charge in [0.2, 0.25) is 0 Å². The zero-order valence-corrected chi connectivity index (χ0v) is 10.2. The van der Waals surface area contributed by atoms with Crippen molar-refractivity contribution in [3.8, 4) is 6.07 Å². The summed E-state index contributed by atoms with van der Waals surface area (Å²) in [6.07, 6.45) is 1.36. The Balaban J connectivity index is 2.40. The van der Waals surface area contributed by atoms with Crippen LogP contribution in [0.25, 0.3) is 0 Å². The summed E-state index contributed by atoms with van der Waals surface area (Å²) in [5.41, 5.74) is 0.566. The Labute approximate surface area is 104 Å². The van der Waals surface area contributed by atoms with Gasteiger partial charge in [-0.05, 0) is 19.1 Å². The molecule has 18 heavy (non-hydrogen) atoms. The van der Waals surface area contributed by atoms with Gasteiger partial charge in [-0.25, -0.2) is 13.4 Å². The maximum atomic E-state index is 12.0. The van der Waals surface area contributed by atoms with E-state index in [2.05, 4.69) is 19.9 Å². The topological polar surface area (TPSA) is 112 Å². The van der Waals surface area contributed by atoms with E-state index in [1.165, 1.54) is 18.3 Å². The number of hydrogen-bond donors (Lipinski definition) is 2. The Bertz CT molecular complexity index is 714. The Kier molecular flexibility index (Phi) is 2.99. The van der Waals surface area contributed by atoms with Crippen molar-refractivity contribution in [3.63, 3.8) is 0 Å². The van der Waals surface area contributed by atoms with Crippen molar-refractivity contribution >= 4 is 15.8 Å². The maximum Gasteiger partial charge on any atom is 0.265 e. The largest absolute Gasteiger partial charge is 0.281 e. The molecule has 2 aromatic rings. The zero-order chi connectivity index (χ0) is 13.2. The number of pyridine rings is 1. The normalized spacial score (nSPS) is 10.9. The highest BCUT2D eigenvalue weighted by Crippen LogP contribution is 2.16. The van der Waals surface area contributed by atoms with E-state index in [9.17, 15) is 8.42 Å². The SMILES string of the molecule is Cc1cc(NS(=O)(=O)c2cccnc2C#N)n[nH]1. The number of sulfonamides is 1. The van der Waals surface area contributed by atoms with Crippen molar-refractivity contribution < 1.29 is 8.42 Å². The zero-order valence-electron chi connectivity index (χ0n) is 9.38. The molecule has 0 aliphatic heterocycles. The van der Waals surface area contributed by atoms with Gasteiger partial charge in [-0.1, -0.05) is 0 Å². The fourth-order valence-electron chi connectivity index (χ4n) is 1.35. The molecule has 0 saturated heterocycles. The van der Waals surface area contributed by atoms with Gasteiger partial charge in [0.05, 0.1) is 0 Å². The minimum Gasteiger partial charge on any atom is -0.281 e. The van der Waals surface area contributed by atoms with E-state index < -0.39 is 10.0 Å². The summed E-state index contributed by atoms with van der Waals surface area (Å²) in [5, 5.41) is 15.2. The van der Waals surface area contributed by atoms with Crippen molar-refractivity contribution in [3.05, 3.63) is 35.8 Å². The van der Waals surface area contributed by atoms with Crippen LogP contribution >= 0.6 is 0 Å². The van der Waals surface area contributed by atoms with Gasteiger partial charge in [-0.15, -0.1) is 0 Å². The summed E-state index contributed by atoms with van der Waals surface area (Å²) in [4.78, 5) is 3.53. The number of aryl methyl sites for hydroxylation is 1. The minimum absolute atomic E-state index is 0.155. The van der Waals surface area contributed by atoms with Gasteiger partial charge >= 0.3 is 0 Å². The monoisotopic (exact) mass is 263 g/mol. The Morgan fingerprint density at radius 2 is 2.28 bits per heavy atom. The average Bonchev–Trinajstić information content (AvgIpc) is 2.74. The van der Waals surface area contributed by atoms with Crippen LogP contribution in [0.2, 0.25) is 0 Å². The first-order valence-electron chi connectivity index (χ1n) is 4.93. The third-order valence-electron chi connectivity index (χ3n) is 2.11. The lowest BCUT2D eigenvalue weighted by Crippen LogP contribution is -2.15.